The van der Waals surface area contributed by atoms with Gasteiger partial charge >= 0.3 is 5.97 Å². The molecule has 1 N–H and O–H groups in total. The first kappa shape index (κ1) is 16.4. The second-order valence-electron chi connectivity index (χ2n) is 6.79. The van der Waals surface area contributed by atoms with Crippen molar-refractivity contribution in [1.29, 1.82) is 0 Å². The third kappa shape index (κ3) is 4.01. The van der Waals surface area contributed by atoms with Crippen LogP contribution >= 0.6 is 11.8 Å². The number of carboxylic acid groups (broad SMARTS) is 1. The second-order valence-corrected chi connectivity index (χ2v) is 7.73. The fraction of sp³-hybridized carbons (Fsp3) is 0.733. The average Bonchev–Trinajstić information content (AvgIpc) is 2.80. The number of likely N-dealkylation sites (N-methyl/N-ethyl adjacent to an activating group) is 1. The summed E-state index contributed by atoms with van der Waals surface area (Å²) in [6, 6.07) is 0.386. The summed E-state index contributed by atoms with van der Waals surface area (Å²) in [6.07, 6.45) is 4.22. The quantitative estimate of drug-likeness (QED) is 0.866. The number of nitrogens with zero attached hydrogens (tertiary/aromatic N) is 3. The number of piperidine rings is 1. The zero-order chi connectivity index (χ0) is 15.6. The van der Waals surface area contributed by atoms with Crippen molar-refractivity contribution in [3.05, 3.63) is 11.9 Å². The van der Waals surface area contributed by atoms with Crippen molar-refractivity contribution >= 4 is 17.7 Å². The molecule has 2 heterocycles. The van der Waals surface area contributed by atoms with Gasteiger partial charge < -0.3 is 14.6 Å². The Hall–Kier alpha value is -1.01. The molecule has 1 aliphatic heterocycles. The maximum Gasteiger partial charge on any atom is 0.313 e. The van der Waals surface area contributed by atoms with Gasteiger partial charge in [0.25, 0.3) is 0 Å². The molecular weight excluding hydrogens is 286 g/mol. The van der Waals surface area contributed by atoms with E-state index in [0.717, 1.165) is 24.7 Å². The summed E-state index contributed by atoms with van der Waals surface area (Å²) in [6.45, 7) is 8.67. The zero-order valence-corrected chi connectivity index (χ0v) is 14.1. The maximum atomic E-state index is 10.8. The SMILES string of the molecule is CN1CCCC(n2c(C(C)(C)C)cnc2SCC(=O)O)C1. The number of hydrogen-bond acceptors (Lipinski definition) is 4. The van der Waals surface area contributed by atoms with Gasteiger partial charge in [-0.1, -0.05) is 32.5 Å². The molecule has 0 radical (unpaired) electrons. The van der Waals surface area contributed by atoms with Crippen LogP contribution in [0, 0.1) is 0 Å². The molecule has 1 fully saturated rings. The molecule has 5 nitrogen and oxygen atoms in total. The Morgan fingerprint density at radius 1 is 1.52 bits per heavy atom. The van der Waals surface area contributed by atoms with E-state index in [1.54, 1.807) is 0 Å². The molecule has 0 aromatic carbocycles. The molecule has 2 rings (SSSR count). The van der Waals surface area contributed by atoms with Crippen molar-refractivity contribution in [2.24, 2.45) is 0 Å². The summed E-state index contributed by atoms with van der Waals surface area (Å²) < 4.78 is 2.28. The molecule has 0 bridgehead atoms. The minimum atomic E-state index is -0.798. The molecule has 0 spiro atoms. The maximum absolute atomic E-state index is 10.8. The van der Waals surface area contributed by atoms with E-state index in [9.17, 15) is 4.79 Å². The fourth-order valence-corrected chi connectivity index (χ4v) is 3.60. The number of carbonyl (C=O) groups is 1. The van der Waals surface area contributed by atoms with Gasteiger partial charge in [-0.05, 0) is 26.4 Å². The smallest absolute Gasteiger partial charge is 0.313 e. The molecular formula is C15H25N3O2S. The van der Waals surface area contributed by atoms with Gasteiger partial charge in [0, 0.05) is 29.9 Å². The van der Waals surface area contributed by atoms with Crippen molar-refractivity contribution < 1.29 is 9.90 Å². The van der Waals surface area contributed by atoms with Crippen LogP contribution in [0.5, 0.6) is 0 Å². The van der Waals surface area contributed by atoms with Gasteiger partial charge in [-0.3, -0.25) is 4.79 Å². The standard InChI is InChI=1S/C15H25N3O2S/c1-15(2,3)12-8-16-14(21-10-13(19)20)18(12)11-6-5-7-17(4)9-11/h8,11H,5-7,9-10H2,1-4H3,(H,19,20). The molecule has 6 heteroatoms. The first-order valence-electron chi connectivity index (χ1n) is 7.40. The summed E-state index contributed by atoms with van der Waals surface area (Å²) in [5.74, 6) is -0.740. The number of likely N-dealkylation sites (tertiary alicyclic amines) is 1. The van der Waals surface area contributed by atoms with Crippen molar-refractivity contribution in [2.75, 3.05) is 25.9 Å². The number of imidazole rings is 1. The Balaban J connectivity index is 2.33. The highest BCUT2D eigenvalue weighted by atomic mass is 32.2. The van der Waals surface area contributed by atoms with Crippen molar-refractivity contribution in [3.63, 3.8) is 0 Å². The van der Waals surface area contributed by atoms with Crippen LogP contribution in [0.2, 0.25) is 0 Å². The van der Waals surface area contributed by atoms with E-state index in [-0.39, 0.29) is 11.2 Å². The van der Waals surface area contributed by atoms with Gasteiger partial charge in [-0.15, -0.1) is 0 Å². The number of carboxylic acids is 1. The van der Waals surface area contributed by atoms with Crippen LogP contribution in [0.25, 0.3) is 0 Å². The number of aromatic nitrogens is 2. The molecule has 0 aliphatic carbocycles. The normalized spacial score (nSPS) is 20.7. The van der Waals surface area contributed by atoms with Gasteiger partial charge in [0.15, 0.2) is 5.16 Å². The van der Waals surface area contributed by atoms with Crippen LogP contribution in [0.4, 0.5) is 0 Å². The van der Waals surface area contributed by atoms with Crippen LogP contribution < -0.4 is 0 Å². The van der Waals surface area contributed by atoms with Crippen LogP contribution in [-0.2, 0) is 10.2 Å². The third-order valence-corrected chi connectivity index (χ3v) is 4.77. The molecule has 0 amide bonds. The molecule has 1 aliphatic rings. The van der Waals surface area contributed by atoms with Crippen molar-refractivity contribution in [2.45, 2.75) is 50.2 Å². The molecule has 118 valence electrons. The Morgan fingerprint density at radius 2 is 2.24 bits per heavy atom. The summed E-state index contributed by atoms with van der Waals surface area (Å²) in [7, 11) is 2.14. The molecule has 1 atom stereocenters. The van der Waals surface area contributed by atoms with Crippen LogP contribution in [0.15, 0.2) is 11.4 Å². The first-order chi connectivity index (χ1) is 9.79. The highest BCUT2D eigenvalue weighted by Gasteiger charge is 2.28. The van der Waals surface area contributed by atoms with Crippen LogP contribution in [0.1, 0.15) is 45.3 Å². The third-order valence-electron chi connectivity index (χ3n) is 3.82. The predicted molar refractivity (Wildman–Crippen MR) is 85.1 cm³/mol. The lowest BCUT2D eigenvalue weighted by atomic mass is 9.91. The minimum absolute atomic E-state index is 0.00501. The summed E-state index contributed by atoms with van der Waals surface area (Å²) in [4.78, 5) is 17.7. The minimum Gasteiger partial charge on any atom is -0.481 e. The van der Waals surface area contributed by atoms with Crippen LogP contribution in [0.3, 0.4) is 0 Å². The zero-order valence-electron chi connectivity index (χ0n) is 13.3. The molecule has 21 heavy (non-hydrogen) atoms. The predicted octanol–water partition coefficient (Wildman–Crippen LogP) is 2.62. The number of rotatable bonds is 4. The highest BCUT2D eigenvalue weighted by Crippen LogP contribution is 2.33. The molecule has 1 aromatic heterocycles. The Labute approximate surface area is 130 Å². The second kappa shape index (κ2) is 6.40. The lowest BCUT2D eigenvalue weighted by Crippen LogP contribution is -2.35. The summed E-state index contributed by atoms with van der Waals surface area (Å²) in [5, 5.41) is 9.75. The Bertz CT molecular complexity index is 508. The lowest BCUT2D eigenvalue weighted by Gasteiger charge is -2.34. The van der Waals surface area contributed by atoms with Gasteiger partial charge in [0.2, 0.25) is 0 Å². The van der Waals surface area contributed by atoms with Gasteiger partial charge in [0.1, 0.15) is 0 Å². The molecule has 0 saturated carbocycles. The number of aliphatic carboxylic acids is 1. The fourth-order valence-electron chi connectivity index (χ4n) is 2.83. The monoisotopic (exact) mass is 311 g/mol. The van der Waals surface area contributed by atoms with E-state index in [0.29, 0.717) is 6.04 Å². The van der Waals surface area contributed by atoms with Crippen LogP contribution in [-0.4, -0.2) is 51.4 Å². The summed E-state index contributed by atoms with van der Waals surface area (Å²) >= 11 is 1.32. The highest BCUT2D eigenvalue weighted by molar-refractivity contribution is 7.99. The molecule has 1 unspecified atom stereocenters. The topological polar surface area (TPSA) is 58.4 Å². The van der Waals surface area contributed by atoms with Crippen molar-refractivity contribution in [3.8, 4) is 0 Å². The molecule has 1 saturated heterocycles. The van der Waals surface area contributed by atoms with E-state index in [4.69, 9.17) is 5.11 Å². The number of thioether (sulfide) groups is 1. The van der Waals surface area contributed by atoms with E-state index in [1.807, 2.05) is 6.20 Å². The van der Waals surface area contributed by atoms with Gasteiger partial charge in [0.05, 0.1) is 5.75 Å². The van der Waals surface area contributed by atoms with E-state index >= 15 is 0 Å². The Kier molecular flexibility index (Phi) is 4.99. The van der Waals surface area contributed by atoms with E-state index in [2.05, 4.69) is 42.3 Å². The molecule has 1 aromatic rings. The number of hydrogen-bond donors (Lipinski definition) is 1. The largest absolute Gasteiger partial charge is 0.481 e. The van der Waals surface area contributed by atoms with E-state index < -0.39 is 5.97 Å². The van der Waals surface area contributed by atoms with Gasteiger partial charge in [-0.2, -0.15) is 0 Å². The Morgan fingerprint density at radius 3 is 2.81 bits per heavy atom. The summed E-state index contributed by atoms with van der Waals surface area (Å²) in [5.41, 5.74) is 1.20. The average molecular weight is 311 g/mol. The van der Waals surface area contributed by atoms with Crippen molar-refractivity contribution in [1.82, 2.24) is 14.5 Å². The lowest BCUT2D eigenvalue weighted by molar-refractivity contribution is -0.133. The van der Waals surface area contributed by atoms with E-state index in [1.165, 1.54) is 23.9 Å². The first-order valence-corrected chi connectivity index (χ1v) is 8.38. The van der Waals surface area contributed by atoms with Gasteiger partial charge in [-0.25, -0.2) is 4.98 Å².